The van der Waals surface area contributed by atoms with E-state index in [0.29, 0.717) is 44.0 Å². The Morgan fingerprint density at radius 3 is 2.39 bits per heavy atom. The third kappa shape index (κ3) is 5.95. The topological polar surface area (TPSA) is 95.6 Å². The fourth-order valence-electron chi connectivity index (χ4n) is 4.80. The predicted octanol–water partition coefficient (Wildman–Crippen LogP) is 4.55. The van der Waals surface area contributed by atoms with Crippen LogP contribution in [-0.2, 0) is 20.8 Å². The summed E-state index contributed by atoms with van der Waals surface area (Å²) in [7, 11) is -3.59. The molecule has 2 atom stereocenters. The number of rotatable bonds is 8. The minimum Gasteiger partial charge on any atom is -0.385 e. The number of nitrogens with zero attached hydrogens (tertiary/aromatic N) is 1. The van der Waals surface area contributed by atoms with Gasteiger partial charge < -0.3 is 15.5 Å². The number of benzene rings is 2. The van der Waals surface area contributed by atoms with Crippen LogP contribution in [0.4, 0.5) is 23.2 Å². The molecule has 1 aliphatic carbocycles. The zero-order valence-electron chi connectivity index (χ0n) is 20.9. The molecule has 1 aliphatic heterocycles. The number of alkyl halides is 3. The lowest BCUT2D eigenvalue weighted by atomic mass is 9.99. The van der Waals surface area contributed by atoms with Gasteiger partial charge in [0, 0.05) is 30.6 Å². The Kier molecular flexibility index (Phi) is 7.74. The Morgan fingerprint density at radius 2 is 1.82 bits per heavy atom. The number of hydrogen-bond donors (Lipinski definition) is 2. The maximum Gasteiger partial charge on any atom is 0.416 e. The molecule has 1 saturated heterocycles. The number of carbonyl (C=O) groups is 2. The van der Waals surface area contributed by atoms with E-state index in [9.17, 15) is 35.6 Å². The van der Waals surface area contributed by atoms with Crippen molar-refractivity contribution in [1.82, 2.24) is 10.2 Å². The van der Waals surface area contributed by atoms with E-state index in [0.717, 1.165) is 18.4 Å². The van der Waals surface area contributed by atoms with Gasteiger partial charge in [-0.15, -0.1) is 0 Å². The standard InChI is InChI=1S/C26H29F4N3O4S/c1-3-31-21-11-9-17(38(2,36)37)14-19(21)25(35)33-12-4-5-22(33)24(34)32-23(15-6-7-15)18-10-8-16(13-20(18)27)26(28,29)30/h8-11,13-15,22-23,31H,3-7,12H2,1-2H3,(H,32,34)/t22-,23?/m1/s1. The van der Waals surface area contributed by atoms with Gasteiger partial charge in [0.1, 0.15) is 11.9 Å². The number of sulfone groups is 1. The van der Waals surface area contributed by atoms with Crippen LogP contribution in [0.2, 0.25) is 0 Å². The number of nitrogens with one attached hydrogen (secondary N) is 2. The monoisotopic (exact) mass is 555 g/mol. The number of halogens is 4. The quantitative estimate of drug-likeness (QED) is 0.466. The molecule has 2 aliphatic rings. The molecule has 0 radical (unpaired) electrons. The van der Waals surface area contributed by atoms with Crippen LogP contribution in [0, 0.1) is 11.7 Å². The van der Waals surface area contributed by atoms with Crippen LogP contribution in [0.3, 0.4) is 0 Å². The van der Waals surface area contributed by atoms with E-state index in [1.54, 1.807) is 0 Å². The lowest BCUT2D eigenvalue weighted by molar-refractivity contribution is -0.137. The Morgan fingerprint density at radius 1 is 1.11 bits per heavy atom. The molecule has 7 nitrogen and oxygen atoms in total. The zero-order valence-corrected chi connectivity index (χ0v) is 21.8. The summed E-state index contributed by atoms with van der Waals surface area (Å²) in [6.45, 7) is 2.56. The first-order valence-electron chi connectivity index (χ1n) is 12.4. The average molecular weight is 556 g/mol. The average Bonchev–Trinajstić information content (AvgIpc) is 3.56. The van der Waals surface area contributed by atoms with Gasteiger partial charge in [-0.3, -0.25) is 9.59 Å². The van der Waals surface area contributed by atoms with Crippen molar-refractivity contribution in [1.29, 1.82) is 0 Å². The largest absolute Gasteiger partial charge is 0.416 e. The van der Waals surface area contributed by atoms with Crippen molar-refractivity contribution in [3.8, 4) is 0 Å². The molecular weight excluding hydrogens is 526 g/mol. The summed E-state index contributed by atoms with van der Waals surface area (Å²) in [4.78, 5) is 28.3. The fourth-order valence-corrected chi connectivity index (χ4v) is 5.44. The molecule has 2 amide bonds. The number of amides is 2. The number of carbonyl (C=O) groups excluding carboxylic acids is 2. The molecule has 2 aromatic carbocycles. The lowest BCUT2D eigenvalue weighted by Crippen LogP contribution is -2.47. The van der Waals surface area contributed by atoms with Crippen molar-refractivity contribution in [2.24, 2.45) is 5.92 Å². The van der Waals surface area contributed by atoms with Gasteiger partial charge in [-0.25, -0.2) is 12.8 Å². The van der Waals surface area contributed by atoms with Gasteiger partial charge >= 0.3 is 6.18 Å². The van der Waals surface area contributed by atoms with E-state index in [4.69, 9.17) is 0 Å². The Labute approximate surface area is 218 Å². The Bertz CT molecular complexity index is 1340. The van der Waals surface area contributed by atoms with E-state index in [1.807, 2.05) is 6.92 Å². The second-order valence-electron chi connectivity index (χ2n) is 9.72. The van der Waals surface area contributed by atoms with Crippen molar-refractivity contribution in [3.63, 3.8) is 0 Å². The van der Waals surface area contributed by atoms with Crippen molar-refractivity contribution < 1.29 is 35.6 Å². The summed E-state index contributed by atoms with van der Waals surface area (Å²) >= 11 is 0. The van der Waals surface area contributed by atoms with Crippen LogP contribution >= 0.6 is 0 Å². The molecule has 0 aromatic heterocycles. The summed E-state index contributed by atoms with van der Waals surface area (Å²) < 4.78 is 77.9. The van der Waals surface area contributed by atoms with E-state index in [2.05, 4.69) is 10.6 Å². The number of anilines is 1. The molecule has 1 saturated carbocycles. The molecule has 12 heteroatoms. The summed E-state index contributed by atoms with van der Waals surface area (Å²) in [5, 5.41) is 5.82. The molecule has 38 heavy (non-hydrogen) atoms. The van der Waals surface area contributed by atoms with Gasteiger partial charge in [-0.05, 0) is 68.9 Å². The number of likely N-dealkylation sites (tertiary alicyclic amines) is 1. The molecular formula is C26H29F4N3O4S. The van der Waals surface area contributed by atoms with E-state index in [-0.39, 0.29) is 28.5 Å². The van der Waals surface area contributed by atoms with Crippen LogP contribution in [0.1, 0.15) is 60.1 Å². The maximum atomic E-state index is 14.8. The highest BCUT2D eigenvalue weighted by molar-refractivity contribution is 7.90. The van der Waals surface area contributed by atoms with Crippen molar-refractivity contribution in [3.05, 3.63) is 58.9 Å². The van der Waals surface area contributed by atoms with Crippen molar-refractivity contribution >= 4 is 27.3 Å². The van der Waals surface area contributed by atoms with Crippen LogP contribution in [-0.4, -0.2) is 50.5 Å². The van der Waals surface area contributed by atoms with Gasteiger partial charge in [0.05, 0.1) is 22.1 Å². The normalized spacial score (nSPS) is 18.8. The van der Waals surface area contributed by atoms with Crippen LogP contribution < -0.4 is 10.6 Å². The molecule has 2 aromatic rings. The minimum absolute atomic E-state index is 0.0278. The van der Waals surface area contributed by atoms with E-state index >= 15 is 0 Å². The third-order valence-corrected chi connectivity index (χ3v) is 8.00. The van der Waals surface area contributed by atoms with Gasteiger partial charge in [0.2, 0.25) is 5.91 Å². The number of hydrogen-bond acceptors (Lipinski definition) is 5. The highest BCUT2D eigenvalue weighted by atomic mass is 32.2. The lowest BCUT2D eigenvalue weighted by Gasteiger charge is -2.28. The minimum atomic E-state index is -4.69. The summed E-state index contributed by atoms with van der Waals surface area (Å²) in [5.74, 6) is -2.23. The first-order chi connectivity index (χ1) is 17.8. The molecule has 2 fully saturated rings. The summed E-state index contributed by atoms with van der Waals surface area (Å²) in [6.07, 6.45) is -1.43. The zero-order chi connectivity index (χ0) is 27.8. The van der Waals surface area contributed by atoms with Gasteiger partial charge in [-0.2, -0.15) is 13.2 Å². The smallest absolute Gasteiger partial charge is 0.385 e. The van der Waals surface area contributed by atoms with Gasteiger partial charge in [-0.1, -0.05) is 6.07 Å². The second-order valence-corrected chi connectivity index (χ2v) is 11.7. The molecule has 0 spiro atoms. The Hall–Kier alpha value is -3.15. The van der Waals surface area contributed by atoms with Crippen LogP contribution in [0.15, 0.2) is 41.3 Å². The van der Waals surface area contributed by atoms with Crippen molar-refractivity contribution in [2.45, 2.75) is 55.8 Å². The molecule has 4 rings (SSSR count). The SMILES string of the molecule is CCNc1ccc(S(C)(=O)=O)cc1C(=O)N1CCC[C@@H]1C(=O)NC(c1ccc(C(F)(F)F)cc1F)C1CC1. The Balaban J connectivity index is 1.59. The van der Waals surface area contributed by atoms with Gasteiger partial charge in [0.25, 0.3) is 5.91 Å². The van der Waals surface area contributed by atoms with Gasteiger partial charge in [0.15, 0.2) is 9.84 Å². The highest BCUT2D eigenvalue weighted by Crippen LogP contribution is 2.43. The summed E-state index contributed by atoms with van der Waals surface area (Å²) in [5.41, 5.74) is -0.597. The molecule has 2 N–H and O–H groups in total. The maximum absolute atomic E-state index is 14.8. The first-order valence-corrected chi connectivity index (χ1v) is 14.3. The molecule has 1 unspecified atom stereocenters. The van der Waals surface area contributed by atoms with E-state index < -0.39 is 51.3 Å². The molecule has 0 bridgehead atoms. The predicted molar refractivity (Wildman–Crippen MR) is 133 cm³/mol. The van der Waals surface area contributed by atoms with Crippen molar-refractivity contribution in [2.75, 3.05) is 24.7 Å². The highest BCUT2D eigenvalue weighted by Gasteiger charge is 2.41. The molecule has 1 heterocycles. The second kappa shape index (κ2) is 10.5. The fraction of sp³-hybridized carbons (Fsp3) is 0.462. The van der Waals surface area contributed by atoms with Crippen LogP contribution in [0.25, 0.3) is 0 Å². The third-order valence-electron chi connectivity index (χ3n) is 6.89. The van der Waals surface area contributed by atoms with E-state index in [1.165, 1.54) is 23.1 Å². The summed E-state index contributed by atoms with van der Waals surface area (Å²) in [6, 6.07) is 4.75. The van der Waals surface area contributed by atoms with Crippen LogP contribution in [0.5, 0.6) is 0 Å². The molecule has 206 valence electrons. The first kappa shape index (κ1) is 27.9.